The monoisotopic (exact) mass is 431 g/mol. The van der Waals surface area contributed by atoms with Crippen LogP contribution in [0, 0.1) is 0 Å². The minimum Gasteiger partial charge on any atom is -0.392 e. The van der Waals surface area contributed by atoms with Crippen LogP contribution in [0.4, 0.5) is 5.13 Å². The fourth-order valence-corrected chi connectivity index (χ4v) is 5.95. The standard InChI is InChI=1S/C20H21N3O4S2/c1-13(24)21-20-22-18-8-7-15(11-19(18)28-20)14-4-2-6-17(10-14)29(26,27)23-9-3-5-16(25)12-23/h2,4,6-8,10-11,16,25H,3,5,9,12H2,1H3,(H,21,22,24). The second-order valence-electron chi connectivity index (χ2n) is 7.07. The molecule has 2 heterocycles. The molecule has 0 spiro atoms. The van der Waals surface area contributed by atoms with Crippen LogP contribution in [0.2, 0.25) is 0 Å². The molecular formula is C20H21N3O4S2. The number of nitrogens with one attached hydrogen (secondary N) is 1. The molecule has 1 atom stereocenters. The number of β-amino-alcohol motifs (C(OH)–C–C–N with tert-alkyl or cyclic N) is 1. The molecule has 1 aromatic heterocycles. The number of piperidine rings is 1. The first-order valence-electron chi connectivity index (χ1n) is 9.30. The number of aliphatic hydroxyl groups is 1. The number of carbonyl (C=O) groups excluding carboxylic acids is 1. The molecule has 1 aliphatic heterocycles. The Morgan fingerprint density at radius 3 is 2.79 bits per heavy atom. The minimum atomic E-state index is -3.66. The molecule has 4 rings (SSSR count). The number of hydrogen-bond acceptors (Lipinski definition) is 6. The van der Waals surface area contributed by atoms with Crippen LogP contribution in [0.5, 0.6) is 0 Å². The van der Waals surface area contributed by atoms with Crippen molar-refractivity contribution in [2.75, 3.05) is 18.4 Å². The summed E-state index contributed by atoms with van der Waals surface area (Å²) in [6.45, 7) is 1.98. The SMILES string of the molecule is CC(=O)Nc1nc2ccc(-c3cccc(S(=O)(=O)N4CCCC(O)C4)c3)cc2s1. The molecular weight excluding hydrogens is 410 g/mol. The number of rotatable bonds is 4. The summed E-state index contributed by atoms with van der Waals surface area (Å²) in [5.74, 6) is -0.176. The number of aromatic nitrogens is 1. The van der Waals surface area contributed by atoms with Gasteiger partial charge in [0.15, 0.2) is 5.13 Å². The van der Waals surface area contributed by atoms with Gasteiger partial charge in [-0.2, -0.15) is 4.31 Å². The molecule has 0 bridgehead atoms. The molecule has 9 heteroatoms. The van der Waals surface area contributed by atoms with Gasteiger partial charge in [-0.3, -0.25) is 4.79 Å². The summed E-state index contributed by atoms with van der Waals surface area (Å²) in [4.78, 5) is 15.8. The number of carbonyl (C=O) groups is 1. The highest BCUT2D eigenvalue weighted by atomic mass is 32.2. The lowest BCUT2D eigenvalue weighted by Gasteiger charge is -2.29. The number of benzene rings is 2. The van der Waals surface area contributed by atoms with Crippen molar-refractivity contribution in [3.8, 4) is 11.1 Å². The zero-order valence-electron chi connectivity index (χ0n) is 15.8. The van der Waals surface area contributed by atoms with Crippen LogP contribution in [-0.2, 0) is 14.8 Å². The van der Waals surface area contributed by atoms with Crippen LogP contribution in [0.15, 0.2) is 47.4 Å². The van der Waals surface area contributed by atoms with Crippen molar-refractivity contribution in [3.05, 3.63) is 42.5 Å². The molecule has 152 valence electrons. The van der Waals surface area contributed by atoms with E-state index in [1.807, 2.05) is 24.3 Å². The molecule has 2 N–H and O–H groups in total. The lowest BCUT2D eigenvalue weighted by atomic mass is 10.1. The molecule has 29 heavy (non-hydrogen) atoms. The summed E-state index contributed by atoms with van der Waals surface area (Å²) in [5.41, 5.74) is 2.42. The smallest absolute Gasteiger partial charge is 0.243 e. The number of amides is 1. The number of fused-ring (bicyclic) bond motifs is 1. The van der Waals surface area contributed by atoms with Gasteiger partial charge >= 0.3 is 0 Å². The van der Waals surface area contributed by atoms with Crippen molar-refractivity contribution in [1.82, 2.24) is 9.29 Å². The van der Waals surface area contributed by atoms with E-state index in [0.29, 0.717) is 24.5 Å². The van der Waals surface area contributed by atoms with Gasteiger partial charge in [-0.25, -0.2) is 13.4 Å². The molecule has 0 radical (unpaired) electrons. The lowest BCUT2D eigenvalue weighted by molar-refractivity contribution is -0.114. The Hall–Kier alpha value is -2.33. The van der Waals surface area contributed by atoms with Gasteiger partial charge in [0.05, 0.1) is 21.2 Å². The van der Waals surface area contributed by atoms with E-state index < -0.39 is 16.1 Å². The first-order chi connectivity index (χ1) is 13.8. The minimum absolute atomic E-state index is 0.130. The Kier molecular flexibility index (Phi) is 5.39. The zero-order chi connectivity index (χ0) is 20.6. The third-order valence-corrected chi connectivity index (χ3v) is 7.63. The summed E-state index contributed by atoms with van der Waals surface area (Å²) >= 11 is 1.37. The fourth-order valence-electron chi connectivity index (χ4n) is 3.43. The fraction of sp³-hybridized carbons (Fsp3) is 0.300. The Bertz CT molecular complexity index is 1170. The summed E-state index contributed by atoms with van der Waals surface area (Å²) in [6, 6.07) is 12.5. The molecule has 1 fully saturated rings. The van der Waals surface area contributed by atoms with E-state index in [1.165, 1.54) is 22.6 Å². The zero-order valence-corrected chi connectivity index (χ0v) is 17.5. The molecule has 7 nitrogen and oxygen atoms in total. The van der Waals surface area contributed by atoms with Crippen molar-refractivity contribution < 1.29 is 18.3 Å². The van der Waals surface area contributed by atoms with E-state index in [9.17, 15) is 18.3 Å². The van der Waals surface area contributed by atoms with Gasteiger partial charge in [0, 0.05) is 20.0 Å². The highest BCUT2D eigenvalue weighted by Gasteiger charge is 2.29. The summed E-state index contributed by atoms with van der Waals surface area (Å²) in [7, 11) is -3.66. The quantitative estimate of drug-likeness (QED) is 0.661. The largest absolute Gasteiger partial charge is 0.392 e. The molecule has 0 saturated carbocycles. The number of thiazole rings is 1. The number of anilines is 1. The van der Waals surface area contributed by atoms with E-state index >= 15 is 0 Å². The Balaban J connectivity index is 1.67. The Labute approximate surface area is 173 Å². The summed E-state index contributed by atoms with van der Waals surface area (Å²) in [5, 5.41) is 13.1. The normalized spacial score (nSPS) is 18.1. The van der Waals surface area contributed by atoms with Crippen molar-refractivity contribution in [1.29, 1.82) is 0 Å². The van der Waals surface area contributed by atoms with E-state index in [-0.39, 0.29) is 17.3 Å². The molecule has 1 unspecified atom stereocenters. The third-order valence-electron chi connectivity index (χ3n) is 4.84. The average molecular weight is 432 g/mol. The van der Waals surface area contributed by atoms with Crippen LogP contribution >= 0.6 is 11.3 Å². The maximum Gasteiger partial charge on any atom is 0.243 e. The van der Waals surface area contributed by atoms with Gasteiger partial charge in [-0.1, -0.05) is 29.5 Å². The van der Waals surface area contributed by atoms with Gasteiger partial charge in [0.25, 0.3) is 0 Å². The van der Waals surface area contributed by atoms with Crippen LogP contribution < -0.4 is 5.32 Å². The second-order valence-corrected chi connectivity index (χ2v) is 10.0. The van der Waals surface area contributed by atoms with E-state index in [0.717, 1.165) is 21.3 Å². The first-order valence-corrected chi connectivity index (χ1v) is 11.6. The molecule has 0 aliphatic carbocycles. The Morgan fingerprint density at radius 1 is 1.24 bits per heavy atom. The van der Waals surface area contributed by atoms with Crippen LogP contribution in [0.25, 0.3) is 21.3 Å². The topological polar surface area (TPSA) is 99.6 Å². The number of sulfonamides is 1. The van der Waals surface area contributed by atoms with Gasteiger partial charge in [-0.15, -0.1) is 0 Å². The number of nitrogens with zero attached hydrogens (tertiary/aromatic N) is 2. The highest BCUT2D eigenvalue weighted by Crippen LogP contribution is 2.32. The van der Waals surface area contributed by atoms with E-state index in [1.54, 1.807) is 18.2 Å². The van der Waals surface area contributed by atoms with Gasteiger partial charge < -0.3 is 10.4 Å². The van der Waals surface area contributed by atoms with Gasteiger partial charge in [0.2, 0.25) is 15.9 Å². The highest BCUT2D eigenvalue weighted by molar-refractivity contribution is 7.89. The predicted octanol–water partition coefficient (Wildman–Crippen LogP) is 3.07. The molecule has 2 aromatic carbocycles. The van der Waals surface area contributed by atoms with Crippen LogP contribution in [0.1, 0.15) is 19.8 Å². The second kappa shape index (κ2) is 7.83. The Morgan fingerprint density at radius 2 is 2.03 bits per heavy atom. The lowest BCUT2D eigenvalue weighted by Crippen LogP contribution is -2.42. The molecule has 1 aliphatic rings. The van der Waals surface area contributed by atoms with Gasteiger partial charge in [0.1, 0.15) is 0 Å². The molecule has 3 aromatic rings. The van der Waals surface area contributed by atoms with Crippen molar-refractivity contribution >= 4 is 42.6 Å². The van der Waals surface area contributed by atoms with Crippen molar-refractivity contribution in [2.45, 2.75) is 30.8 Å². The summed E-state index contributed by atoms with van der Waals surface area (Å²) in [6.07, 6.45) is 0.661. The van der Waals surface area contributed by atoms with E-state index in [2.05, 4.69) is 10.3 Å². The maximum atomic E-state index is 13.0. The third kappa shape index (κ3) is 4.18. The summed E-state index contributed by atoms with van der Waals surface area (Å²) < 4.78 is 28.3. The van der Waals surface area contributed by atoms with Gasteiger partial charge in [-0.05, 0) is 48.2 Å². The maximum absolute atomic E-state index is 13.0. The number of hydrogen-bond donors (Lipinski definition) is 2. The molecule has 1 saturated heterocycles. The van der Waals surface area contributed by atoms with E-state index in [4.69, 9.17) is 0 Å². The van der Waals surface area contributed by atoms with Crippen LogP contribution in [0.3, 0.4) is 0 Å². The molecule has 1 amide bonds. The predicted molar refractivity (Wildman–Crippen MR) is 113 cm³/mol. The van der Waals surface area contributed by atoms with Crippen molar-refractivity contribution in [2.24, 2.45) is 0 Å². The average Bonchev–Trinajstić information content (AvgIpc) is 3.08. The number of aliphatic hydroxyl groups excluding tert-OH is 1. The van der Waals surface area contributed by atoms with Crippen molar-refractivity contribution in [3.63, 3.8) is 0 Å². The van der Waals surface area contributed by atoms with Crippen LogP contribution in [-0.4, -0.2) is 47.9 Å². The first kappa shape index (κ1) is 20.0.